The third kappa shape index (κ3) is 4.59. The van der Waals surface area contributed by atoms with E-state index in [1.54, 1.807) is 31.2 Å². The maximum absolute atomic E-state index is 13.5. The van der Waals surface area contributed by atoms with Crippen LogP contribution in [0.5, 0.6) is 0 Å². The zero-order chi connectivity index (χ0) is 24.2. The lowest BCUT2D eigenvalue weighted by Gasteiger charge is -2.14. The van der Waals surface area contributed by atoms with Crippen molar-refractivity contribution in [3.63, 3.8) is 0 Å². The fraction of sp³-hybridized carbons (Fsp3) is 0.111. The molecule has 7 heteroatoms. The van der Waals surface area contributed by atoms with Crippen LogP contribution in [0.4, 0.5) is 14.5 Å². The Balaban J connectivity index is 1.75. The van der Waals surface area contributed by atoms with E-state index < -0.39 is 23.5 Å². The smallest absolute Gasteiger partial charge is 0.339 e. The van der Waals surface area contributed by atoms with E-state index in [1.807, 2.05) is 47.9 Å². The zero-order valence-corrected chi connectivity index (χ0v) is 18.6. The van der Waals surface area contributed by atoms with Crippen LogP contribution in [-0.2, 0) is 4.74 Å². The maximum atomic E-state index is 13.5. The molecule has 0 atom stereocenters. The van der Waals surface area contributed by atoms with Gasteiger partial charge in [0.2, 0.25) is 0 Å². The number of aromatic nitrogens is 1. The average Bonchev–Trinajstić information content (AvgIpc) is 3.19. The molecule has 3 aromatic carbocycles. The summed E-state index contributed by atoms with van der Waals surface area (Å²) < 4.78 is 33.8. The van der Waals surface area contributed by atoms with Crippen LogP contribution < -0.4 is 5.32 Å². The first-order valence-electron chi connectivity index (χ1n) is 10.7. The Labute approximate surface area is 195 Å². The van der Waals surface area contributed by atoms with Crippen molar-refractivity contribution in [2.24, 2.45) is 0 Å². The maximum Gasteiger partial charge on any atom is 0.339 e. The number of carbonyl (C=O) groups is 2. The van der Waals surface area contributed by atoms with Crippen LogP contribution >= 0.6 is 0 Å². The van der Waals surface area contributed by atoms with Gasteiger partial charge in [0.15, 0.2) is 11.6 Å². The molecule has 0 saturated carbocycles. The van der Waals surface area contributed by atoms with Crippen molar-refractivity contribution in [3.05, 3.63) is 107 Å². The molecule has 34 heavy (non-hydrogen) atoms. The zero-order valence-electron chi connectivity index (χ0n) is 18.6. The first kappa shape index (κ1) is 22.9. The number of amides is 1. The van der Waals surface area contributed by atoms with Crippen LogP contribution in [0.3, 0.4) is 0 Å². The molecular formula is C27H22F2N2O3. The largest absolute Gasteiger partial charge is 0.462 e. The molecule has 4 aromatic rings. The molecule has 172 valence electrons. The molecule has 0 radical (unpaired) electrons. The fourth-order valence-corrected chi connectivity index (χ4v) is 3.74. The molecular weight excluding hydrogens is 438 g/mol. The van der Waals surface area contributed by atoms with E-state index in [4.69, 9.17) is 4.74 Å². The Kier molecular flexibility index (Phi) is 6.54. The van der Waals surface area contributed by atoms with E-state index in [9.17, 15) is 18.4 Å². The molecule has 0 saturated heterocycles. The highest BCUT2D eigenvalue weighted by Gasteiger charge is 2.21. The Morgan fingerprint density at radius 1 is 0.912 bits per heavy atom. The molecule has 0 aliphatic carbocycles. The summed E-state index contributed by atoms with van der Waals surface area (Å²) in [5, 5.41) is 2.58. The highest BCUT2D eigenvalue weighted by molar-refractivity contribution is 6.04. The van der Waals surface area contributed by atoms with Gasteiger partial charge in [-0.3, -0.25) is 4.79 Å². The number of carbonyl (C=O) groups excluding carboxylic acids is 2. The minimum absolute atomic E-state index is 0.140. The normalized spacial score (nSPS) is 10.7. The van der Waals surface area contributed by atoms with Crippen molar-refractivity contribution in [1.29, 1.82) is 0 Å². The number of esters is 1. The second-order valence-electron chi connectivity index (χ2n) is 7.58. The summed E-state index contributed by atoms with van der Waals surface area (Å²) in [5.41, 5.74) is 3.85. The van der Waals surface area contributed by atoms with Gasteiger partial charge in [-0.1, -0.05) is 36.4 Å². The van der Waals surface area contributed by atoms with Crippen molar-refractivity contribution in [3.8, 4) is 16.9 Å². The van der Waals surface area contributed by atoms with Crippen molar-refractivity contribution >= 4 is 17.6 Å². The number of benzene rings is 3. The lowest BCUT2D eigenvalue weighted by atomic mass is 10.1. The molecule has 1 heterocycles. The summed E-state index contributed by atoms with van der Waals surface area (Å²) in [6.07, 6.45) is 0. The van der Waals surface area contributed by atoms with Gasteiger partial charge in [0.05, 0.1) is 17.9 Å². The van der Waals surface area contributed by atoms with Gasteiger partial charge >= 0.3 is 5.97 Å². The van der Waals surface area contributed by atoms with Crippen LogP contribution in [0.2, 0.25) is 0 Å². The third-order valence-electron chi connectivity index (χ3n) is 5.36. The standard InChI is InChI=1S/C27H22F2N2O3/c1-3-34-27(33)22-16-25(18-8-5-4-6-9-18)31(17(22)2)21-11-7-10-19(14-21)26(32)30-20-12-13-23(28)24(29)15-20/h4-16H,3H2,1-2H3,(H,30,32). The number of ether oxygens (including phenoxy) is 1. The lowest BCUT2D eigenvalue weighted by molar-refractivity contribution is 0.0525. The Bertz CT molecular complexity index is 1360. The topological polar surface area (TPSA) is 60.3 Å². The summed E-state index contributed by atoms with van der Waals surface area (Å²) >= 11 is 0. The van der Waals surface area contributed by atoms with Crippen LogP contribution in [0.1, 0.15) is 33.3 Å². The molecule has 0 fully saturated rings. The monoisotopic (exact) mass is 460 g/mol. The summed E-state index contributed by atoms with van der Waals surface area (Å²) in [6, 6.07) is 21.3. The number of rotatable bonds is 6. The van der Waals surface area contributed by atoms with E-state index in [1.165, 1.54) is 6.07 Å². The number of nitrogens with zero attached hydrogens (tertiary/aromatic N) is 1. The summed E-state index contributed by atoms with van der Waals surface area (Å²) in [7, 11) is 0. The van der Waals surface area contributed by atoms with Gasteiger partial charge in [-0.2, -0.15) is 0 Å². The van der Waals surface area contributed by atoms with E-state index in [-0.39, 0.29) is 12.3 Å². The highest BCUT2D eigenvalue weighted by atomic mass is 19.2. The Hall–Kier alpha value is -4.26. The first-order chi connectivity index (χ1) is 16.4. The molecule has 0 bridgehead atoms. The van der Waals surface area contributed by atoms with Crippen molar-refractivity contribution in [2.45, 2.75) is 13.8 Å². The minimum Gasteiger partial charge on any atom is -0.462 e. The Morgan fingerprint density at radius 2 is 1.68 bits per heavy atom. The van der Waals surface area contributed by atoms with Gasteiger partial charge in [0.1, 0.15) is 0 Å². The fourth-order valence-electron chi connectivity index (χ4n) is 3.74. The first-order valence-corrected chi connectivity index (χ1v) is 10.7. The van der Waals surface area contributed by atoms with E-state index >= 15 is 0 Å². The van der Waals surface area contributed by atoms with Gasteiger partial charge in [-0.05, 0) is 55.8 Å². The summed E-state index contributed by atoms with van der Waals surface area (Å²) in [4.78, 5) is 25.4. The van der Waals surface area contributed by atoms with Crippen molar-refractivity contribution in [1.82, 2.24) is 4.57 Å². The van der Waals surface area contributed by atoms with Gasteiger partial charge in [-0.25, -0.2) is 13.6 Å². The Morgan fingerprint density at radius 3 is 2.38 bits per heavy atom. The molecule has 0 unspecified atom stereocenters. The SMILES string of the molecule is CCOC(=O)c1cc(-c2ccccc2)n(-c2cccc(C(=O)Nc3ccc(F)c(F)c3)c2)c1C. The van der Waals surface area contributed by atoms with E-state index in [0.29, 0.717) is 22.5 Å². The van der Waals surface area contributed by atoms with E-state index in [0.717, 1.165) is 23.4 Å². The van der Waals surface area contributed by atoms with Crippen molar-refractivity contribution < 1.29 is 23.1 Å². The van der Waals surface area contributed by atoms with Gasteiger partial charge in [0, 0.05) is 28.7 Å². The number of hydrogen-bond donors (Lipinski definition) is 1. The van der Waals surface area contributed by atoms with Gasteiger partial charge < -0.3 is 14.6 Å². The van der Waals surface area contributed by atoms with E-state index in [2.05, 4.69) is 5.32 Å². The summed E-state index contributed by atoms with van der Waals surface area (Å²) in [6.45, 7) is 3.81. The molecule has 0 aliphatic heterocycles. The van der Waals surface area contributed by atoms with Crippen LogP contribution in [0.25, 0.3) is 16.9 Å². The lowest BCUT2D eigenvalue weighted by Crippen LogP contribution is -2.13. The van der Waals surface area contributed by atoms with Crippen LogP contribution in [-0.4, -0.2) is 23.1 Å². The molecule has 1 N–H and O–H groups in total. The quantitative estimate of drug-likeness (QED) is 0.351. The van der Waals surface area contributed by atoms with Gasteiger partial charge in [0.25, 0.3) is 5.91 Å². The van der Waals surface area contributed by atoms with Crippen LogP contribution in [0.15, 0.2) is 78.9 Å². The molecule has 5 nitrogen and oxygen atoms in total. The number of halogens is 2. The number of nitrogens with one attached hydrogen (secondary N) is 1. The summed E-state index contributed by atoms with van der Waals surface area (Å²) in [5.74, 6) is -2.95. The predicted molar refractivity (Wildman–Crippen MR) is 126 cm³/mol. The molecule has 1 amide bonds. The molecule has 4 rings (SSSR count). The van der Waals surface area contributed by atoms with Gasteiger partial charge in [-0.15, -0.1) is 0 Å². The molecule has 0 aliphatic rings. The third-order valence-corrected chi connectivity index (χ3v) is 5.36. The second-order valence-corrected chi connectivity index (χ2v) is 7.58. The number of hydrogen-bond acceptors (Lipinski definition) is 3. The number of anilines is 1. The van der Waals surface area contributed by atoms with Crippen LogP contribution in [0, 0.1) is 18.6 Å². The predicted octanol–water partition coefficient (Wildman–Crippen LogP) is 6.16. The molecule has 0 spiro atoms. The van der Waals surface area contributed by atoms with Crippen molar-refractivity contribution in [2.75, 3.05) is 11.9 Å². The minimum atomic E-state index is -1.05. The highest BCUT2D eigenvalue weighted by Crippen LogP contribution is 2.30. The average molecular weight is 460 g/mol. The second kappa shape index (κ2) is 9.70. The molecule has 1 aromatic heterocycles.